The van der Waals surface area contributed by atoms with Gasteiger partial charge in [0.25, 0.3) is 0 Å². The Balaban J connectivity index is 1.73. The van der Waals surface area contributed by atoms with E-state index in [1.807, 2.05) is 4.90 Å². The fourth-order valence-corrected chi connectivity index (χ4v) is 2.63. The van der Waals surface area contributed by atoms with Crippen LogP contribution < -0.4 is 0 Å². The van der Waals surface area contributed by atoms with Crippen molar-refractivity contribution in [2.24, 2.45) is 5.92 Å². The summed E-state index contributed by atoms with van der Waals surface area (Å²) in [5, 5.41) is 9.41. The molecule has 1 amide bonds. The van der Waals surface area contributed by atoms with Crippen molar-refractivity contribution >= 4 is 5.91 Å². The molecule has 0 aliphatic carbocycles. The molecule has 0 aromatic heterocycles. The van der Waals surface area contributed by atoms with Crippen LogP contribution in [0.4, 0.5) is 0 Å². The second-order valence-corrected chi connectivity index (χ2v) is 5.57. The molecular formula is C13H24N2O2. The highest BCUT2D eigenvalue weighted by Crippen LogP contribution is 2.16. The molecule has 0 aromatic rings. The van der Waals surface area contributed by atoms with Crippen molar-refractivity contribution in [1.82, 2.24) is 9.80 Å². The van der Waals surface area contributed by atoms with Gasteiger partial charge in [0.15, 0.2) is 0 Å². The Kier molecular flexibility index (Phi) is 4.40. The van der Waals surface area contributed by atoms with Gasteiger partial charge in [0.05, 0.1) is 12.6 Å². The average molecular weight is 240 g/mol. The summed E-state index contributed by atoms with van der Waals surface area (Å²) in [6, 6.07) is 0. The lowest BCUT2D eigenvalue weighted by atomic mass is 9.99. The summed E-state index contributed by atoms with van der Waals surface area (Å²) in [5.41, 5.74) is 0. The molecule has 2 heterocycles. The Morgan fingerprint density at radius 1 is 1.12 bits per heavy atom. The van der Waals surface area contributed by atoms with Gasteiger partial charge in [0.2, 0.25) is 5.91 Å². The fourth-order valence-electron chi connectivity index (χ4n) is 2.63. The van der Waals surface area contributed by atoms with Crippen LogP contribution >= 0.6 is 0 Å². The normalized spacial score (nSPS) is 25.2. The third-order valence-corrected chi connectivity index (χ3v) is 4.05. The number of aliphatic hydroxyl groups excluding tert-OH is 1. The van der Waals surface area contributed by atoms with Gasteiger partial charge in [-0.1, -0.05) is 6.92 Å². The number of likely N-dealkylation sites (tertiary alicyclic amines) is 2. The Hall–Kier alpha value is -0.610. The number of carbonyl (C=O) groups is 1. The summed E-state index contributed by atoms with van der Waals surface area (Å²) < 4.78 is 0. The molecule has 0 unspecified atom stereocenters. The van der Waals surface area contributed by atoms with E-state index in [4.69, 9.17) is 0 Å². The molecule has 2 fully saturated rings. The van der Waals surface area contributed by atoms with Gasteiger partial charge in [-0.05, 0) is 44.7 Å². The average Bonchev–Trinajstić information content (AvgIpc) is 2.33. The highest BCUT2D eigenvalue weighted by Gasteiger charge is 2.24. The van der Waals surface area contributed by atoms with E-state index in [9.17, 15) is 9.90 Å². The Bertz CT molecular complexity index is 254. The van der Waals surface area contributed by atoms with E-state index in [-0.39, 0.29) is 12.0 Å². The number of carbonyl (C=O) groups excluding carboxylic acids is 1. The molecule has 1 N–H and O–H groups in total. The monoisotopic (exact) mass is 240 g/mol. The van der Waals surface area contributed by atoms with Crippen LogP contribution in [0.2, 0.25) is 0 Å². The Morgan fingerprint density at radius 2 is 1.71 bits per heavy atom. The van der Waals surface area contributed by atoms with Crippen LogP contribution in [0, 0.1) is 5.92 Å². The highest BCUT2D eigenvalue weighted by atomic mass is 16.3. The molecule has 0 bridgehead atoms. The summed E-state index contributed by atoms with van der Waals surface area (Å²) in [6.45, 7) is 6.43. The third-order valence-electron chi connectivity index (χ3n) is 4.05. The molecule has 2 aliphatic rings. The van der Waals surface area contributed by atoms with Gasteiger partial charge in [-0.2, -0.15) is 0 Å². The van der Waals surface area contributed by atoms with Crippen LogP contribution in [0.5, 0.6) is 0 Å². The first kappa shape index (κ1) is 12.8. The Morgan fingerprint density at radius 3 is 2.29 bits per heavy atom. The van der Waals surface area contributed by atoms with Crippen molar-refractivity contribution in [3.63, 3.8) is 0 Å². The maximum atomic E-state index is 12.1. The maximum absolute atomic E-state index is 12.1. The molecular weight excluding hydrogens is 216 g/mol. The summed E-state index contributed by atoms with van der Waals surface area (Å²) in [4.78, 5) is 16.2. The molecule has 17 heavy (non-hydrogen) atoms. The molecule has 2 aliphatic heterocycles. The van der Waals surface area contributed by atoms with Crippen molar-refractivity contribution in [2.45, 2.75) is 38.7 Å². The molecule has 4 nitrogen and oxygen atoms in total. The van der Waals surface area contributed by atoms with Gasteiger partial charge < -0.3 is 10.0 Å². The smallest absolute Gasteiger partial charge is 0.236 e. The minimum atomic E-state index is -0.199. The molecule has 0 atom stereocenters. The van der Waals surface area contributed by atoms with Gasteiger partial charge >= 0.3 is 0 Å². The number of hydrogen-bond donors (Lipinski definition) is 1. The topological polar surface area (TPSA) is 43.8 Å². The zero-order chi connectivity index (χ0) is 12.3. The maximum Gasteiger partial charge on any atom is 0.236 e. The Labute approximate surface area is 104 Å². The number of aliphatic hydroxyl groups is 1. The number of nitrogens with zero attached hydrogens (tertiary/aromatic N) is 2. The quantitative estimate of drug-likeness (QED) is 0.773. The zero-order valence-electron chi connectivity index (χ0n) is 10.8. The van der Waals surface area contributed by atoms with Crippen LogP contribution in [-0.2, 0) is 4.79 Å². The number of hydrogen-bond acceptors (Lipinski definition) is 3. The van der Waals surface area contributed by atoms with Gasteiger partial charge in [-0.25, -0.2) is 0 Å². The summed E-state index contributed by atoms with van der Waals surface area (Å²) in [5.74, 6) is 1.05. The first-order chi connectivity index (χ1) is 8.15. The van der Waals surface area contributed by atoms with Crippen molar-refractivity contribution < 1.29 is 9.90 Å². The van der Waals surface area contributed by atoms with Crippen molar-refractivity contribution in [3.8, 4) is 0 Å². The summed E-state index contributed by atoms with van der Waals surface area (Å²) in [6.07, 6.45) is 3.71. The van der Waals surface area contributed by atoms with E-state index >= 15 is 0 Å². The van der Waals surface area contributed by atoms with Crippen LogP contribution in [0.3, 0.4) is 0 Å². The van der Waals surface area contributed by atoms with Gasteiger partial charge in [-0.15, -0.1) is 0 Å². The molecule has 98 valence electrons. The molecule has 2 saturated heterocycles. The fraction of sp³-hybridized carbons (Fsp3) is 0.923. The van der Waals surface area contributed by atoms with Crippen LogP contribution in [0.15, 0.2) is 0 Å². The first-order valence-corrected chi connectivity index (χ1v) is 6.83. The van der Waals surface area contributed by atoms with E-state index in [1.54, 1.807) is 0 Å². The van der Waals surface area contributed by atoms with E-state index in [0.717, 1.165) is 44.9 Å². The van der Waals surface area contributed by atoms with E-state index in [2.05, 4.69) is 11.8 Å². The van der Waals surface area contributed by atoms with Crippen LogP contribution in [0.1, 0.15) is 32.6 Å². The zero-order valence-corrected chi connectivity index (χ0v) is 10.8. The second-order valence-electron chi connectivity index (χ2n) is 5.57. The summed E-state index contributed by atoms with van der Waals surface area (Å²) in [7, 11) is 0. The third kappa shape index (κ3) is 3.68. The van der Waals surface area contributed by atoms with Crippen LogP contribution in [0.25, 0.3) is 0 Å². The van der Waals surface area contributed by atoms with Crippen molar-refractivity contribution in [2.75, 3.05) is 32.7 Å². The minimum absolute atomic E-state index is 0.199. The SMILES string of the molecule is CC1CCN(CC(=O)N2CCC(O)CC2)CC1. The lowest BCUT2D eigenvalue weighted by Gasteiger charge is -2.34. The predicted octanol–water partition coefficient (Wildman–Crippen LogP) is 0.702. The minimum Gasteiger partial charge on any atom is -0.393 e. The number of amides is 1. The number of rotatable bonds is 2. The molecule has 0 radical (unpaired) electrons. The standard InChI is InChI=1S/C13H24N2O2/c1-11-2-6-14(7-3-11)10-13(17)15-8-4-12(16)5-9-15/h11-12,16H,2-10H2,1H3. The summed E-state index contributed by atoms with van der Waals surface area (Å²) >= 11 is 0. The molecule has 2 rings (SSSR count). The molecule has 0 aromatic carbocycles. The van der Waals surface area contributed by atoms with E-state index < -0.39 is 0 Å². The van der Waals surface area contributed by atoms with Gasteiger partial charge in [-0.3, -0.25) is 9.69 Å². The van der Waals surface area contributed by atoms with E-state index in [0.29, 0.717) is 6.54 Å². The molecule has 0 saturated carbocycles. The molecule has 4 heteroatoms. The van der Waals surface area contributed by atoms with Gasteiger partial charge in [0, 0.05) is 13.1 Å². The largest absolute Gasteiger partial charge is 0.393 e. The predicted molar refractivity (Wildman–Crippen MR) is 66.7 cm³/mol. The number of piperidine rings is 2. The van der Waals surface area contributed by atoms with E-state index in [1.165, 1.54) is 12.8 Å². The van der Waals surface area contributed by atoms with Gasteiger partial charge in [0.1, 0.15) is 0 Å². The lowest BCUT2D eigenvalue weighted by Crippen LogP contribution is -2.46. The first-order valence-electron chi connectivity index (χ1n) is 6.83. The van der Waals surface area contributed by atoms with Crippen LogP contribution in [-0.4, -0.2) is 59.6 Å². The van der Waals surface area contributed by atoms with Crippen molar-refractivity contribution in [3.05, 3.63) is 0 Å². The lowest BCUT2D eigenvalue weighted by molar-refractivity contribution is -0.134. The highest BCUT2D eigenvalue weighted by molar-refractivity contribution is 5.78. The van der Waals surface area contributed by atoms with Crippen molar-refractivity contribution in [1.29, 1.82) is 0 Å². The second kappa shape index (κ2) is 5.83. The molecule has 0 spiro atoms.